The van der Waals surface area contributed by atoms with Crippen molar-refractivity contribution in [1.82, 2.24) is 9.97 Å². The molecule has 2 aromatic heterocycles. The number of fused-ring (bicyclic) bond motifs is 1. The van der Waals surface area contributed by atoms with Crippen LogP contribution in [-0.4, -0.2) is 35.6 Å². The summed E-state index contributed by atoms with van der Waals surface area (Å²) in [6.45, 7) is 8.46. The predicted molar refractivity (Wildman–Crippen MR) is 125 cm³/mol. The third-order valence-electron chi connectivity index (χ3n) is 5.35. The molecule has 0 unspecified atom stereocenters. The quantitative estimate of drug-likeness (QED) is 0.361. The largest absolute Gasteiger partial charge is 0.462 e. The number of thiophene rings is 1. The maximum absolute atomic E-state index is 12.5. The van der Waals surface area contributed by atoms with Crippen LogP contribution in [0.5, 0.6) is 0 Å². The highest BCUT2D eigenvalue weighted by Crippen LogP contribution is 2.38. The molecule has 7 heteroatoms. The van der Waals surface area contributed by atoms with Gasteiger partial charge in [0.2, 0.25) is 0 Å². The second-order valence-electron chi connectivity index (χ2n) is 7.72. The van der Waals surface area contributed by atoms with Crippen molar-refractivity contribution < 1.29 is 9.53 Å². The SMILES string of the molecule is CCOC(=O)c1sc2nc(CSc3ccccc3)nc(N3CCC[C@@H](C)C3)c2c1C. The number of hydrogen-bond acceptors (Lipinski definition) is 7. The topological polar surface area (TPSA) is 55.3 Å². The molecule has 1 aliphatic rings. The van der Waals surface area contributed by atoms with Gasteiger partial charge in [-0.05, 0) is 50.3 Å². The number of carbonyl (C=O) groups is 1. The van der Waals surface area contributed by atoms with Crippen LogP contribution in [0.3, 0.4) is 0 Å². The fourth-order valence-corrected chi connectivity index (χ4v) is 5.75. The van der Waals surface area contributed by atoms with E-state index in [1.807, 2.05) is 32.0 Å². The Balaban J connectivity index is 1.74. The highest BCUT2D eigenvalue weighted by atomic mass is 32.2. The molecule has 4 rings (SSSR count). The van der Waals surface area contributed by atoms with Crippen LogP contribution in [0.2, 0.25) is 0 Å². The first-order valence-electron chi connectivity index (χ1n) is 10.5. The molecule has 0 aliphatic carbocycles. The van der Waals surface area contributed by atoms with E-state index in [9.17, 15) is 4.79 Å². The van der Waals surface area contributed by atoms with Gasteiger partial charge in [-0.2, -0.15) is 0 Å². The van der Waals surface area contributed by atoms with Crippen LogP contribution in [0.4, 0.5) is 5.82 Å². The summed E-state index contributed by atoms with van der Waals surface area (Å²) in [5, 5.41) is 1.01. The van der Waals surface area contributed by atoms with E-state index in [2.05, 4.69) is 24.0 Å². The summed E-state index contributed by atoms with van der Waals surface area (Å²) in [6, 6.07) is 10.3. The number of anilines is 1. The van der Waals surface area contributed by atoms with E-state index in [-0.39, 0.29) is 5.97 Å². The Labute approximate surface area is 185 Å². The monoisotopic (exact) mass is 441 g/mol. The van der Waals surface area contributed by atoms with Gasteiger partial charge < -0.3 is 9.64 Å². The Bertz CT molecular complexity index is 1040. The Morgan fingerprint density at radius 1 is 1.30 bits per heavy atom. The van der Waals surface area contributed by atoms with Gasteiger partial charge in [-0.15, -0.1) is 23.1 Å². The fraction of sp³-hybridized carbons (Fsp3) is 0.435. The first-order valence-corrected chi connectivity index (χ1v) is 12.3. The molecule has 0 spiro atoms. The third kappa shape index (κ3) is 4.47. The summed E-state index contributed by atoms with van der Waals surface area (Å²) in [5.74, 6) is 2.84. The van der Waals surface area contributed by atoms with E-state index in [1.165, 1.54) is 22.7 Å². The standard InChI is InChI=1S/C23H27N3O2S2/c1-4-28-23(27)20-16(3)19-21(26-12-8-9-15(2)13-26)24-18(25-22(19)30-20)14-29-17-10-6-5-7-11-17/h5-7,10-11,15H,4,8-9,12-14H2,1-3H3/t15-/m1/s1. The summed E-state index contributed by atoms with van der Waals surface area (Å²) >= 11 is 3.16. The Kier molecular flexibility index (Phi) is 6.58. The molecule has 0 bridgehead atoms. The number of nitrogens with zero attached hydrogens (tertiary/aromatic N) is 3. The zero-order chi connectivity index (χ0) is 21.1. The van der Waals surface area contributed by atoms with Gasteiger partial charge in [0.05, 0.1) is 17.7 Å². The number of rotatable bonds is 6. The molecule has 1 fully saturated rings. The van der Waals surface area contributed by atoms with Gasteiger partial charge >= 0.3 is 5.97 Å². The van der Waals surface area contributed by atoms with Crippen molar-refractivity contribution in [3.63, 3.8) is 0 Å². The summed E-state index contributed by atoms with van der Waals surface area (Å²) in [5.41, 5.74) is 0.934. The summed E-state index contributed by atoms with van der Waals surface area (Å²) in [6.07, 6.45) is 2.41. The number of ether oxygens (including phenoxy) is 1. The number of hydrogen-bond donors (Lipinski definition) is 0. The average molecular weight is 442 g/mol. The first-order chi connectivity index (χ1) is 14.6. The Morgan fingerprint density at radius 2 is 2.10 bits per heavy atom. The first kappa shape index (κ1) is 21.1. The van der Waals surface area contributed by atoms with Crippen LogP contribution in [0, 0.1) is 12.8 Å². The lowest BCUT2D eigenvalue weighted by Gasteiger charge is -2.32. The molecule has 1 aromatic carbocycles. The van der Waals surface area contributed by atoms with Crippen LogP contribution in [0.1, 0.15) is 47.7 Å². The number of piperidine rings is 1. The highest BCUT2D eigenvalue weighted by molar-refractivity contribution is 7.98. The minimum Gasteiger partial charge on any atom is -0.462 e. The van der Waals surface area contributed by atoms with E-state index in [1.54, 1.807) is 11.8 Å². The third-order valence-corrected chi connectivity index (χ3v) is 7.52. The highest BCUT2D eigenvalue weighted by Gasteiger charge is 2.26. The van der Waals surface area contributed by atoms with Crippen LogP contribution in [0.25, 0.3) is 10.2 Å². The smallest absolute Gasteiger partial charge is 0.348 e. The van der Waals surface area contributed by atoms with Crippen molar-refractivity contribution in [2.75, 3.05) is 24.6 Å². The van der Waals surface area contributed by atoms with Crippen LogP contribution in [0.15, 0.2) is 35.2 Å². The maximum atomic E-state index is 12.5. The minimum atomic E-state index is -0.267. The van der Waals surface area contributed by atoms with Crippen molar-refractivity contribution in [3.8, 4) is 0 Å². The second-order valence-corrected chi connectivity index (χ2v) is 9.76. The molecule has 1 atom stereocenters. The lowest BCUT2D eigenvalue weighted by molar-refractivity contribution is 0.0531. The lowest BCUT2D eigenvalue weighted by Crippen LogP contribution is -2.35. The number of thioether (sulfide) groups is 1. The van der Waals surface area contributed by atoms with Crippen molar-refractivity contribution in [1.29, 1.82) is 0 Å². The molecule has 30 heavy (non-hydrogen) atoms. The summed E-state index contributed by atoms with van der Waals surface area (Å²) in [4.78, 5) is 27.4. The summed E-state index contributed by atoms with van der Waals surface area (Å²) in [7, 11) is 0. The fourth-order valence-electron chi connectivity index (χ4n) is 3.89. The van der Waals surface area contributed by atoms with Gasteiger partial charge in [0, 0.05) is 18.0 Å². The van der Waals surface area contributed by atoms with Gasteiger partial charge in [0.25, 0.3) is 0 Å². The van der Waals surface area contributed by atoms with E-state index in [0.29, 0.717) is 23.2 Å². The Morgan fingerprint density at radius 3 is 2.83 bits per heavy atom. The minimum absolute atomic E-state index is 0.267. The van der Waals surface area contributed by atoms with Crippen molar-refractivity contribution in [2.24, 2.45) is 5.92 Å². The van der Waals surface area contributed by atoms with Crippen LogP contribution < -0.4 is 4.90 Å². The zero-order valence-electron chi connectivity index (χ0n) is 17.7. The van der Waals surface area contributed by atoms with E-state index >= 15 is 0 Å². The maximum Gasteiger partial charge on any atom is 0.348 e. The number of esters is 1. The van der Waals surface area contributed by atoms with E-state index in [4.69, 9.17) is 14.7 Å². The molecule has 0 N–H and O–H groups in total. The van der Waals surface area contributed by atoms with Crippen molar-refractivity contribution >= 4 is 45.1 Å². The molecular weight excluding hydrogens is 414 g/mol. The zero-order valence-corrected chi connectivity index (χ0v) is 19.3. The van der Waals surface area contributed by atoms with Gasteiger partial charge in [-0.3, -0.25) is 0 Å². The average Bonchev–Trinajstić information content (AvgIpc) is 3.09. The van der Waals surface area contributed by atoms with Gasteiger partial charge in [0.15, 0.2) is 0 Å². The van der Waals surface area contributed by atoms with E-state index < -0.39 is 0 Å². The van der Waals surface area contributed by atoms with Gasteiger partial charge in [-0.1, -0.05) is 25.1 Å². The molecule has 0 amide bonds. The molecule has 3 heterocycles. The molecule has 0 saturated carbocycles. The second kappa shape index (κ2) is 9.35. The molecule has 0 radical (unpaired) electrons. The number of carbonyl (C=O) groups excluding carboxylic acids is 1. The van der Waals surface area contributed by atoms with Gasteiger partial charge in [0.1, 0.15) is 21.3 Å². The lowest BCUT2D eigenvalue weighted by atomic mass is 10.00. The number of aromatic nitrogens is 2. The van der Waals surface area contributed by atoms with Crippen molar-refractivity contribution in [2.45, 2.75) is 44.3 Å². The molecular formula is C23H27N3O2S2. The van der Waals surface area contributed by atoms with Gasteiger partial charge in [-0.25, -0.2) is 14.8 Å². The van der Waals surface area contributed by atoms with Crippen molar-refractivity contribution in [3.05, 3.63) is 46.6 Å². The predicted octanol–water partition coefficient (Wildman–Crippen LogP) is 5.71. The van der Waals surface area contributed by atoms with Crippen LogP contribution in [-0.2, 0) is 10.5 Å². The number of aryl methyl sites for hydroxylation is 1. The molecule has 5 nitrogen and oxygen atoms in total. The number of benzene rings is 1. The normalized spacial score (nSPS) is 16.8. The Hall–Kier alpha value is -2.12. The van der Waals surface area contributed by atoms with E-state index in [0.717, 1.165) is 46.9 Å². The molecule has 158 valence electrons. The molecule has 1 saturated heterocycles. The molecule has 3 aromatic rings. The summed E-state index contributed by atoms with van der Waals surface area (Å²) < 4.78 is 5.28. The van der Waals surface area contributed by atoms with Crippen LogP contribution >= 0.6 is 23.1 Å². The molecule has 1 aliphatic heterocycles.